The lowest BCUT2D eigenvalue weighted by Gasteiger charge is -2.14. The average molecular weight is 130 g/mol. The number of carbonyl (C=O) groups is 1. The highest BCUT2D eigenvalue weighted by Crippen LogP contribution is 1.89. The van der Waals surface area contributed by atoms with Crippen molar-refractivity contribution in [3.05, 3.63) is 12.3 Å². The van der Waals surface area contributed by atoms with Gasteiger partial charge < -0.3 is 9.94 Å². The molecule has 0 aliphatic carbocycles. The number of hydrogen-bond acceptors (Lipinski definition) is 4. The summed E-state index contributed by atoms with van der Waals surface area (Å²) < 4.78 is 0. The third-order valence-corrected chi connectivity index (χ3v) is 0.878. The van der Waals surface area contributed by atoms with Gasteiger partial charge in [0.25, 0.3) is 0 Å². The molecule has 0 aromatic carbocycles. The molecule has 1 aliphatic rings. The van der Waals surface area contributed by atoms with Crippen LogP contribution in [0.15, 0.2) is 12.3 Å². The molecule has 1 heterocycles. The molecule has 0 saturated heterocycles. The van der Waals surface area contributed by atoms with Crippen LogP contribution in [0.1, 0.15) is 0 Å². The van der Waals surface area contributed by atoms with E-state index in [1.54, 1.807) is 0 Å². The maximum absolute atomic E-state index is 10.1. The van der Waals surface area contributed by atoms with Crippen LogP contribution in [-0.4, -0.2) is 17.1 Å². The summed E-state index contributed by atoms with van der Waals surface area (Å²) in [5, 5.41) is 8.33. The highest BCUT2D eigenvalue weighted by Gasteiger charge is 2.14. The molecule has 1 rings (SSSR count). The van der Waals surface area contributed by atoms with Crippen LogP contribution in [0, 0.1) is 0 Å². The van der Waals surface area contributed by atoms with Gasteiger partial charge in [0.1, 0.15) is 12.3 Å². The van der Waals surface area contributed by atoms with Gasteiger partial charge in [0.15, 0.2) is 0 Å². The van der Waals surface area contributed by atoms with Crippen molar-refractivity contribution in [1.29, 1.82) is 0 Å². The number of hydrazine groups is 1. The van der Waals surface area contributed by atoms with E-state index in [1.165, 1.54) is 12.3 Å². The quantitative estimate of drug-likeness (QED) is 0.424. The zero-order chi connectivity index (χ0) is 6.69. The van der Waals surface area contributed by atoms with Crippen molar-refractivity contribution >= 4 is 5.97 Å². The molecular formula is C4H6N2O3. The van der Waals surface area contributed by atoms with Gasteiger partial charge in [0.2, 0.25) is 0 Å². The topological polar surface area (TPSA) is 70.6 Å². The number of carboxylic acids is 1. The smallest absolute Gasteiger partial charge is 0.326 e. The van der Waals surface area contributed by atoms with Crippen LogP contribution in [0.2, 0.25) is 0 Å². The van der Waals surface area contributed by atoms with E-state index >= 15 is 0 Å². The van der Waals surface area contributed by atoms with Crippen molar-refractivity contribution in [2.24, 2.45) is 0 Å². The van der Waals surface area contributed by atoms with Crippen LogP contribution < -0.4 is 11.0 Å². The average Bonchev–Trinajstić information content (AvgIpc) is 1.90. The van der Waals surface area contributed by atoms with Crippen molar-refractivity contribution in [1.82, 2.24) is 11.0 Å². The first-order valence-electron chi connectivity index (χ1n) is 2.36. The summed E-state index contributed by atoms with van der Waals surface area (Å²) in [6, 6.07) is -0.696. The van der Waals surface area contributed by atoms with E-state index in [1.807, 2.05) is 0 Å². The van der Waals surface area contributed by atoms with E-state index in [4.69, 9.17) is 5.11 Å². The molecule has 0 spiro atoms. The lowest BCUT2D eigenvalue weighted by Crippen LogP contribution is -2.46. The molecule has 0 fully saturated rings. The lowest BCUT2D eigenvalue weighted by atomic mass is 10.3. The molecule has 5 heteroatoms. The Hall–Kier alpha value is -1.07. The van der Waals surface area contributed by atoms with Crippen molar-refractivity contribution in [2.45, 2.75) is 6.04 Å². The Morgan fingerprint density at radius 3 is 2.89 bits per heavy atom. The fourth-order valence-electron chi connectivity index (χ4n) is 0.442. The van der Waals surface area contributed by atoms with Gasteiger partial charge in [-0.15, -0.1) is 0 Å². The van der Waals surface area contributed by atoms with Gasteiger partial charge in [0, 0.05) is 0 Å². The van der Waals surface area contributed by atoms with Gasteiger partial charge in [-0.25, -0.2) is 5.43 Å². The molecule has 0 unspecified atom stereocenters. The fourth-order valence-corrected chi connectivity index (χ4v) is 0.442. The number of aliphatic carboxylic acids is 1. The van der Waals surface area contributed by atoms with Crippen LogP contribution in [0.3, 0.4) is 0 Å². The minimum Gasteiger partial charge on any atom is -0.480 e. The third kappa shape index (κ3) is 1.41. The van der Waals surface area contributed by atoms with E-state index in [0.29, 0.717) is 0 Å². The first-order chi connectivity index (χ1) is 4.30. The van der Waals surface area contributed by atoms with E-state index in [2.05, 4.69) is 15.9 Å². The molecule has 9 heavy (non-hydrogen) atoms. The Labute approximate surface area is 51.2 Å². The molecule has 0 aromatic heterocycles. The van der Waals surface area contributed by atoms with Gasteiger partial charge in [-0.05, 0) is 6.08 Å². The van der Waals surface area contributed by atoms with E-state index < -0.39 is 12.0 Å². The first-order valence-corrected chi connectivity index (χ1v) is 2.36. The summed E-state index contributed by atoms with van der Waals surface area (Å²) in [5.41, 5.74) is 4.56. The largest absolute Gasteiger partial charge is 0.480 e. The van der Waals surface area contributed by atoms with Crippen molar-refractivity contribution in [2.75, 3.05) is 0 Å². The van der Waals surface area contributed by atoms with E-state index in [-0.39, 0.29) is 0 Å². The molecule has 3 N–H and O–H groups in total. The van der Waals surface area contributed by atoms with E-state index in [0.717, 1.165) is 0 Å². The standard InChI is InChI=1S/C4H6N2O3/c7-4(8)3-1-2-9-6-5-3/h1-3,5-6H,(H,7,8)/t3-/m1/s1. The lowest BCUT2D eigenvalue weighted by molar-refractivity contribution is -0.140. The Balaban J connectivity index is 2.50. The number of nitrogens with one attached hydrogen (secondary N) is 2. The molecular weight excluding hydrogens is 124 g/mol. The maximum atomic E-state index is 10.1. The molecule has 0 saturated carbocycles. The summed E-state index contributed by atoms with van der Waals surface area (Å²) in [5.74, 6) is -0.943. The summed E-state index contributed by atoms with van der Waals surface area (Å²) in [6.07, 6.45) is 2.66. The van der Waals surface area contributed by atoms with Crippen molar-refractivity contribution in [3.63, 3.8) is 0 Å². The number of carboxylic acid groups (broad SMARTS) is 1. The minimum atomic E-state index is -0.943. The minimum absolute atomic E-state index is 0.696. The zero-order valence-electron chi connectivity index (χ0n) is 4.50. The molecule has 50 valence electrons. The second-order valence-electron chi connectivity index (χ2n) is 1.51. The van der Waals surface area contributed by atoms with Crippen LogP contribution in [0.4, 0.5) is 0 Å². The maximum Gasteiger partial charge on any atom is 0.326 e. The zero-order valence-corrected chi connectivity index (χ0v) is 4.50. The highest BCUT2D eigenvalue weighted by molar-refractivity contribution is 5.75. The number of rotatable bonds is 1. The fraction of sp³-hybridized carbons (Fsp3) is 0.250. The van der Waals surface area contributed by atoms with E-state index in [9.17, 15) is 4.79 Å². The van der Waals surface area contributed by atoms with Gasteiger partial charge in [-0.1, -0.05) is 5.59 Å². The molecule has 0 amide bonds. The Bertz CT molecular complexity index is 145. The SMILES string of the molecule is O=C(O)[C@H]1C=CONN1. The van der Waals surface area contributed by atoms with Gasteiger partial charge >= 0.3 is 5.97 Å². The molecule has 0 bridgehead atoms. The van der Waals surface area contributed by atoms with Crippen molar-refractivity contribution in [3.8, 4) is 0 Å². The summed E-state index contributed by atoms with van der Waals surface area (Å²) in [6.45, 7) is 0. The molecule has 0 radical (unpaired) electrons. The summed E-state index contributed by atoms with van der Waals surface area (Å²) in [4.78, 5) is 14.6. The number of hydrogen-bond donors (Lipinski definition) is 3. The summed E-state index contributed by atoms with van der Waals surface area (Å²) in [7, 11) is 0. The van der Waals surface area contributed by atoms with Gasteiger partial charge in [-0.3, -0.25) is 4.79 Å². The molecule has 5 nitrogen and oxygen atoms in total. The second kappa shape index (κ2) is 2.47. The normalized spacial score (nSPS) is 25.1. The highest BCUT2D eigenvalue weighted by atomic mass is 16.7. The predicted molar refractivity (Wildman–Crippen MR) is 27.9 cm³/mol. The Morgan fingerprint density at radius 2 is 2.56 bits per heavy atom. The molecule has 1 aliphatic heterocycles. The van der Waals surface area contributed by atoms with Crippen molar-refractivity contribution < 1.29 is 14.7 Å². The predicted octanol–water partition coefficient (Wildman–Crippen LogP) is -1.01. The van der Waals surface area contributed by atoms with Crippen LogP contribution >= 0.6 is 0 Å². The first kappa shape index (κ1) is 6.06. The summed E-state index contributed by atoms with van der Waals surface area (Å²) >= 11 is 0. The Morgan fingerprint density at radius 1 is 1.78 bits per heavy atom. The monoisotopic (exact) mass is 130 g/mol. The van der Waals surface area contributed by atoms with Gasteiger partial charge in [-0.2, -0.15) is 0 Å². The second-order valence-corrected chi connectivity index (χ2v) is 1.51. The third-order valence-electron chi connectivity index (χ3n) is 0.878. The molecule has 0 aromatic rings. The molecule has 1 atom stereocenters. The van der Waals surface area contributed by atoms with Gasteiger partial charge in [0.05, 0.1) is 0 Å². The van der Waals surface area contributed by atoms with Crippen LogP contribution in [0.5, 0.6) is 0 Å². The Kier molecular flexibility index (Phi) is 1.66. The van der Waals surface area contributed by atoms with Crippen LogP contribution in [0.25, 0.3) is 0 Å². The van der Waals surface area contributed by atoms with Crippen LogP contribution in [-0.2, 0) is 9.63 Å².